The quantitative estimate of drug-likeness (QED) is 0.931. The lowest BCUT2D eigenvalue weighted by atomic mass is 10.1. The van der Waals surface area contributed by atoms with Crippen LogP contribution in [-0.4, -0.2) is 16.3 Å². The van der Waals surface area contributed by atoms with Crippen molar-refractivity contribution in [2.45, 2.75) is 19.5 Å². The van der Waals surface area contributed by atoms with Crippen LogP contribution in [0.1, 0.15) is 16.8 Å². The minimum absolute atomic E-state index is 0.0378. The Hall–Kier alpha value is -1.82. The molecule has 0 spiro atoms. The van der Waals surface area contributed by atoms with Gasteiger partial charge in [-0.3, -0.25) is 0 Å². The minimum Gasteiger partial charge on any atom is -0.330 e. The third-order valence-electron chi connectivity index (χ3n) is 2.96. The highest BCUT2D eigenvalue weighted by molar-refractivity contribution is 5.44. The summed E-state index contributed by atoms with van der Waals surface area (Å²) in [6.07, 6.45) is -2.24. The van der Waals surface area contributed by atoms with E-state index in [1.807, 2.05) is 0 Å². The van der Waals surface area contributed by atoms with Crippen molar-refractivity contribution >= 4 is 0 Å². The Labute approximate surface area is 108 Å². The fourth-order valence-electron chi connectivity index (χ4n) is 1.99. The third kappa shape index (κ3) is 2.63. The van der Waals surface area contributed by atoms with Crippen LogP contribution in [0.4, 0.5) is 13.2 Å². The van der Waals surface area contributed by atoms with Crippen molar-refractivity contribution in [1.29, 1.82) is 0 Å². The van der Waals surface area contributed by atoms with Gasteiger partial charge in [-0.25, -0.2) is 4.68 Å². The summed E-state index contributed by atoms with van der Waals surface area (Å²) in [7, 11) is 0. The molecular weight excluding hydrogens is 255 g/mol. The molecule has 3 nitrogen and oxygen atoms in total. The van der Waals surface area contributed by atoms with Crippen molar-refractivity contribution in [2.75, 3.05) is 6.54 Å². The monoisotopic (exact) mass is 269 g/mol. The summed E-state index contributed by atoms with van der Waals surface area (Å²) in [5.41, 5.74) is 6.35. The van der Waals surface area contributed by atoms with Gasteiger partial charge < -0.3 is 5.73 Å². The van der Waals surface area contributed by atoms with Gasteiger partial charge in [0, 0.05) is 5.69 Å². The summed E-state index contributed by atoms with van der Waals surface area (Å²) in [6.45, 7) is 2.18. The molecule has 19 heavy (non-hydrogen) atoms. The average molecular weight is 269 g/mol. The second-order valence-electron chi connectivity index (χ2n) is 4.22. The first-order valence-electron chi connectivity index (χ1n) is 5.85. The first kappa shape index (κ1) is 13.6. The van der Waals surface area contributed by atoms with Crippen LogP contribution in [0.25, 0.3) is 5.69 Å². The van der Waals surface area contributed by atoms with E-state index in [1.54, 1.807) is 19.2 Å². The Kier molecular flexibility index (Phi) is 3.61. The highest BCUT2D eigenvalue weighted by Crippen LogP contribution is 2.34. The summed E-state index contributed by atoms with van der Waals surface area (Å²) in [4.78, 5) is 0. The molecule has 2 rings (SSSR count). The van der Waals surface area contributed by atoms with Crippen LogP contribution in [-0.2, 0) is 12.6 Å². The SMILES string of the molecule is Cc1c(CCN)cnn1-c1ccccc1C(F)(F)F. The van der Waals surface area contributed by atoms with E-state index in [0.29, 0.717) is 18.7 Å². The lowest BCUT2D eigenvalue weighted by Gasteiger charge is -2.13. The Morgan fingerprint density at radius 2 is 1.95 bits per heavy atom. The van der Waals surface area contributed by atoms with Crippen molar-refractivity contribution in [3.63, 3.8) is 0 Å². The molecule has 0 fully saturated rings. The molecule has 0 aliphatic carbocycles. The van der Waals surface area contributed by atoms with E-state index in [1.165, 1.54) is 16.8 Å². The predicted octanol–water partition coefficient (Wildman–Crippen LogP) is 2.70. The van der Waals surface area contributed by atoms with Crippen LogP contribution in [0.3, 0.4) is 0 Å². The molecule has 2 aromatic rings. The summed E-state index contributed by atoms with van der Waals surface area (Å²) < 4.78 is 40.2. The summed E-state index contributed by atoms with van der Waals surface area (Å²) in [5, 5.41) is 4.04. The van der Waals surface area contributed by atoms with Gasteiger partial charge in [0.25, 0.3) is 0 Å². The summed E-state index contributed by atoms with van der Waals surface area (Å²) >= 11 is 0. The zero-order chi connectivity index (χ0) is 14.0. The minimum atomic E-state index is -4.40. The molecule has 0 saturated carbocycles. The highest BCUT2D eigenvalue weighted by Gasteiger charge is 2.34. The lowest BCUT2D eigenvalue weighted by molar-refractivity contribution is -0.137. The van der Waals surface area contributed by atoms with Crippen molar-refractivity contribution in [3.05, 3.63) is 47.3 Å². The van der Waals surface area contributed by atoms with Gasteiger partial charge in [-0.15, -0.1) is 0 Å². The molecule has 102 valence electrons. The van der Waals surface area contributed by atoms with Gasteiger partial charge in [0.1, 0.15) is 0 Å². The number of rotatable bonds is 3. The molecule has 0 amide bonds. The lowest BCUT2D eigenvalue weighted by Crippen LogP contribution is -2.12. The summed E-state index contributed by atoms with van der Waals surface area (Å²) in [6, 6.07) is 5.40. The molecule has 0 unspecified atom stereocenters. The van der Waals surface area contributed by atoms with E-state index in [0.717, 1.165) is 11.6 Å². The Balaban J connectivity index is 2.54. The fraction of sp³-hybridized carbons (Fsp3) is 0.308. The van der Waals surface area contributed by atoms with E-state index >= 15 is 0 Å². The van der Waals surface area contributed by atoms with Gasteiger partial charge in [0.05, 0.1) is 17.4 Å². The number of benzene rings is 1. The maximum absolute atomic E-state index is 13.0. The standard InChI is InChI=1S/C13H14F3N3/c1-9-10(6-7-17)8-18-19(9)12-5-3-2-4-11(12)13(14,15)16/h2-5,8H,6-7,17H2,1H3. The molecule has 0 saturated heterocycles. The molecule has 1 heterocycles. The van der Waals surface area contributed by atoms with Gasteiger partial charge in [0.2, 0.25) is 0 Å². The Morgan fingerprint density at radius 1 is 1.26 bits per heavy atom. The maximum atomic E-state index is 13.0. The molecule has 0 aliphatic heterocycles. The van der Waals surface area contributed by atoms with Crippen molar-refractivity contribution in [2.24, 2.45) is 5.73 Å². The van der Waals surface area contributed by atoms with E-state index in [4.69, 9.17) is 5.73 Å². The third-order valence-corrected chi connectivity index (χ3v) is 2.96. The van der Waals surface area contributed by atoms with E-state index in [9.17, 15) is 13.2 Å². The van der Waals surface area contributed by atoms with Gasteiger partial charge in [0.15, 0.2) is 0 Å². The van der Waals surface area contributed by atoms with Crippen LogP contribution in [0.2, 0.25) is 0 Å². The van der Waals surface area contributed by atoms with Gasteiger partial charge in [-0.2, -0.15) is 18.3 Å². The van der Waals surface area contributed by atoms with Gasteiger partial charge in [-0.1, -0.05) is 12.1 Å². The predicted molar refractivity (Wildman–Crippen MR) is 66.1 cm³/mol. The average Bonchev–Trinajstić information content (AvgIpc) is 2.71. The van der Waals surface area contributed by atoms with Crippen molar-refractivity contribution < 1.29 is 13.2 Å². The number of nitrogens with two attached hydrogens (primary N) is 1. The number of hydrogen-bond donors (Lipinski definition) is 1. The molecule has 0 bridgehead atoms. The Bertz CT molecular complexity index is 573. The number of nitrogens with zero attached hydrogens (tertiary/aromatic N) is 2. The maximum Gasteiger partial charge on any atom is 0.418 e. The molecule has 0 radical (unpaired) electrons. The zero-order valence-electron chi connectivity index (χ0n) is 10.4. The Morgan fingerprint density at radius 3 is 2.58 bits per heavy atom. The number of hydrogen-bond acceptors (Lipinski definition) is 2. The molecular formula is C13H14F3N3. The van der Waals surface area contributed by atoms with Crippen molar-refractivity contribution in [3.8, 4) is 5.69 Å². The highest BCUT2D eigenvalue weighted by atomic mass is 19.4. The number of halogens is 3. The van der Waals surface area contributed by atoms with Crippen LogP contribution in [0.15, 0.2) is 30.5 Å². The molecule has 1 aromatic heterocycles. The van der Waals surface area contributed by atoms with Crippen LogP contribution < -0.4 is 5.73 Å². The van der Waals surface area contributed by atoms with Crippen molar-refractivity contribution in [1.82, 2.24) is 9.78 Å². The summed E-state index contributed by atoms with van der Waals surface area (Å²) in [5.74, 6) is 0. The van der Waals surface area contributed by atoms with Gasteiger partial charge >= 0.3 is 6.18 Å². The van der Waals surface area contributed by atoms with Crippen LogP contribution in [0, 0.1) is 6.92 Å². The second-order valence-corrected chi connectivity index (χ2v) is 4.22. The number of para-hydroxylation sites is 1. The fourth-order valence-corrected chi connectivity index (χ4v) is 1.99. The molecule has 1 aromatic carbocycles. The van der Waals surface area contributed by atoms with E-state index in [-0.39, 0.29) is 5.69 Å². The normalized spacial score (nSPS) is 11.8. The second kappa shape index (κ2) is 5.05. The van der Waals surface area contributed by atoms with E-state index in [2.05, 4.69) is 5.10 Å². The first-order chi connectivity index (χ1) is 8.95. The smallest absolute Gasteiger partial charge is 0.330 e. The molecule has 0 aliphatic rings. The largest absolute Gasteiger partial charge is 0.418 e. The molecule has 0 atom stereocenters. The molecule has 2 N–H and O–H groups in total. The van der Waals surface area contributed by atoms with Crippen LogP contribution in [0.5, 0.6) is 0 Å². The van der Waals surface area contributed by atoms with E-state index < -0.39 is 11.7 Å². The molecule has 6 heteroatoms. The van der Waals surface area contributed by atoms with Crippen LogP contribution >= 0.6 is 0 Å². The zero-order valence-corrected chi connectivity index (χ0v) is 10.4. The number of aromatic nitrogens is 2. The first-order valence-corrected chi connectivity index (χ1v) is 5.85. The topological polar surface area (TPSA) is 43.8 Å². The number of alkyl halides is 3. The van der Waals surface area contributed by atoms with Gasteiger partial charge in [-0.05, 0) is 37.6 Å².